The molecule has 122 valence electrons. The Labute approximate surface area is 146 Å². The molecule has 0 atom stereocenters. The monoisotopic (exact) mass is 351 g/mol. The minimum absolute atomic E-state index is 0.0334. The van der Waals surface area contributed by atoms with E-state index in [0.717, 1.165) is 11.3 Å². The van der Waals surface area contributed by atoms with Crippen LogP contribution < -0.4 is 4.74 Å². The predicted octanol–water partition coefficient (Wildman–Crippen LogP) is 4.59. The maximum atomic E-state index is 12.4. The Morgan fingerprint density at radius 2 is 1.70 bits per heavy atom. The number of carbonyl (C=O) groups excluding carboxylic acids is 1. The summed E-state index contributed by atoms with van der Waals surface area (Å²) < 4.78 is 5.41. The fourth-order valence-corrected chi connectivity index (χ4v) is 2.74. The highest BCUT2D eigenvalue weighted by Crippen LogP contribution is 2.25. The summed E-state index contributed by atoms with van der Waals surface area (Å²) in [6, 6.07) is 13.0. The number of amides is 1. The van der Waals surface area contributed by atoms with Crippen molar-refractivity contribution in [3.8, 4) is 5.75 Å². The van der Waals surface area contributed by atoms with Crippen LogP contribution in [-0.2, 0) is 17.8 Å². The molecule has 0 aliphatic carbocycles. The van der Waals surface area contributed by atoms with Gasteiger partial charge in [0.2, 0.25) is 5.91 Å². The molecule has 0 aliphatic heterocycles. The molecule has 0 saturated heterocycles. The van der Waals surface area contributed by atoms with E-state index in [9.17, 15) is 4.79 Å². The van der Waals surface area contributed by atoms with Gasteiger partial charge in [-0.1, -0.05) is 41.4 Å². The van der Waals surface area contributed by atoms with E-state index in [-0.39, 0.29) is 12.3 Å². The van der Waals surface area contributed by atoms with Gasteiger partial charge in [-0.15, -0.1) is 0 Å². The van der Waals surface area contributed by atoms with E-state index in [1.54, 1.807) is 30.1 Å². The highest BCUT2D eigenvalue weighted by molar-refractivity contribution is 6.36. The molecular formula is C18H19Cl2NO2. The second-order valence-electron chi connectivity index (χ2n) is 5.20. The van der Waals surface area contributed by atoms with Gasteiger partial charge in [0.25, 0.3) is 0 Å². The van der Waals surface area contributed by atoms with E-state index in [4.69, 9.17) is 27.9 Å². The fraction of sp³-hybridized carbons (Fsp3) is 0.278. The largest absolute Gasteiger partial charge is 0.494 e. The summed E-state index contributed by atoms with van der Waals surface area (Å²) in [5.41, 5.74) is 1.70. The first kappa shape index (κ1) is 17.6. The van der Waals surface area contributed by atoms with Crippen LogP contribution in [-0.4, -0.2) is 24.5 Å². The maximum Gasteiger partial charge on any atom is 0.227 e. The van der Waals surface area contributed by atoms with Crippen LogP contribution in [0.3, 0.4) is 0 Å². The van der Waals surface area contributed by atoms with Gasteiger partial charge < -0.3 is 9.64 Å². The lowest BCUT2D eigenvalue weighted by Gasteiger charge is -2.18. The molecule has 0 aromatic heterocycles. The van der Waals surface area contributed by atoms with Crippen molar-refractivity contribution < 1.29 is 9.53 Å². The SMILES string of the molecule is CCOc1ccc(CN(C)C(=O)Cc2c(Cl)cccc2Cl)cc1. The van der Waals surface area contributed by atoms with E-state index >= 15 is 0 Å². The van der Waals surface area contributed by atoms with Crippen LogP contribution in [0.1, 0.15) is 18.1 Å². The Morgan fingerprint density at radius 3 is 2.26 bits per heavy atom. The van der Waals surface area contributed by atoms with Crippen LogP contribution in [0.5, 0.6) is 5.75 Å². The Hall–Kier alpha value is -1.71. The van der Waals surface area contributed by atoms with E-state index < -0.39 is 0 Å². The van der Waals surface area contributed by atoms with Crippen LogP contribution in [0, 0.1) is 0 Å². The molecule has 5 heteroatoms. The van der Waals surface area contributed by atoms with Gasteiger partial charge in [0.1, 0.15) is 5.75 Å². The Balaban J connectivity index is 1.99. The average Bonchev–Trinajstić information content (AvgIpc) is 2.53. The van der Waals surface area contributed by atoms with Crippen molar-refractivity contribution in [2.45, 2.75) is 19.9 Å². The summed E-state index contributed by atoms with van der Waals surface area (Å²) in [5, 5.41) is 1.03. The van der Waals surface area contributed by atoms with Crippen molar-refractivity contribution in [3.05, 3.63) is 63.6 Å². The lowest BCUT2D eigenvalue weighted by Crippen LogP contribution is -2.27. The molecule has 0 radical (unpaired) electrons. The summed E-state index contributed by atoms with van der Waals surface area (Å²) in [4.78, 5) is 14.0. The molecule has 0 bridgehead atoms. The van der Waals surface area contributed by atoms with Gasteiger partial charge in [0, 0.05) is 23.6 Å². The van der Waals surface area contributed by atoms with Crippen LogP contribution in [0.4, 0.5) is 0 Å². The molecular weight excluding hydrogens is 333 g/mol. The quantitative estimate of drug-likeness (QED) is 0.761. The van der Waals surface area contributed by atoms with Crippen LogP contribution in [0.15, 0.2) is 42.5 Å². The van der Waals surface area contributed by atoms with Crippen molar-refractivity contribution in [1.29, 1.82) is 0 Å². The number of benzene rings is 2. The third kappa shape index (κ3) is 4.88. The van der Waals surface area contributed by atoms with Gasteiger partial charge in [0.05, 0.1) is 13.0 Å². The second-order valence-corrected chi connectivity index (χ2v) is 6.02. The third-order valence-corrected chi connectivity index (χ3v) is 4.18. The van der Waals surface area contributed by atoms with Crippen molar-refractivity contribution in [3.63, 3.8) is 0 Å². The zero-order valence-electron chi connectivity index (χ0n) is 13.2. The normalized spacial score (nSPS) is 10.4. The summed E-state index contributed by atoms with van der Waals surface area (Å²) in [6.45, 7) is 3.10. The van der Waals surface area contributed by atoms with Crippen LogP contribution in [0.25, 0.3) is 0 Å². The number of rotatable bonds is 6. The molecule has 23 heavy (non-hydrogen) atoms. The number of nitrogens with zero attached hydrogens (tertiary/aromatic N) is 1. The summed E-state index contributed by atoms with van der Waals surface area (Å²) in [7, 11) is 1.77. The zero-order chi connectivity index (χ0) is 16.8. The van der Waals surface area contributed by atoms with Crippen molar-refractivity contribution in [1.82, 2.24) is 4.90 Å². The van der Waals surface area contributed by atoms with Crippen LogP contribution in [0.2, 0.25) is 10.0 Å². The predicted molar refractivity (Wildman–Crippen MR) is 94.3 cm³/mol. The topological polar surface area (TPSA) is 29.5 Å². The highest BCUT2D eigenvalue weighted by Gasteiger charge is 2.14. The molecule has 0 N–H and O–H groups in total. The van der Waals surface area contributed by atoms with Crippen molar-refractivity contribution in [2.24, 2.45) is 0 Å². The Bertz CT molecular complexity index is 651. The molecule has 0 spiro atoms. The second kappa shape index (κ2) is 8.23. The molecule has 0 fully saturated rings. The molecule has 0 saturated carbocycles. The maximum absolute atomic E-state index is 12.4. The van der Waals surface area contributed by atoms with Crippen molar-refractivity contribution >= 4 is 29.1 Å². The number of ether oxygens (including phenoxy) is 1. The van der Waals surface area contributed by atoms with E-state index in [2.05, 4.69) is 0 Å². The first-order valence-electron chi connectivity index (χ1n) is 7.40. The lowest BCUT2D eigenvalue weighted by atomic mass is 10.1. The molecule has 2 rings (SSSR count). The summed E-state index contributed by atoms with van der Waals surface area (Å²) in [5.74, 6) is 0.793. The molecule has 1 amide bonds. The van der Waals surface area contributed by atoms with Gasteiger partial charge in [0.15, 0.2) is 0 Å². The fourth-order valence-electron chi connectivity index (χ4n) is 2.21. The lowest BCUT2D eigenvalue weighted by molar-refractivity contribution is -0.129. The smallest absolute Gasteiger partial charge is 0.227 e. The Morgan fingerprint density at radius 1 is 1.09 bits per heavy atom. The Kier molecular flexibility index (Phi) is 6.31. The van der Waals surface area contributed by atoms with Gasteiger partial charge >= 0.3 is 0 Å². The molecule has 0 unspecified atom stereocenters. The van der Waals surface area contributed by atoms with Gasteiger partial charge in [-0.05, 0) is 42.3 Å². The zero-order valence-corrected chi connectivity index (χ0v) is 14.7. The van der Waals surface area contributed by atoms with E-state index in [0.29, 0.717) is 28.8 Å². The molecule has 2 aromatic carbocycles. The van der Waals surface area contributed by atoms with E-state index in [1.807, 2.05) is 31.2 Å². The first-order chi connectivity index (χ1) is 11.0. The summed E-state index contributed by atoms with van der Waals surface area (Å²) >= 11 is 12.2. The summed E-state index contributed by atoms with van der Waals surface area (Å²) in [6.07, 6.45) is 0.187. The minimum atomic E-state index is -0.0334. The molecule has 2 aromatic rings. The standard InChI is InChI=1S/C18H19Cl2NO2/c1-3-23-14-9-7-13(8-10-14)12-21(2)18(22)11-15-16(19)5-4-6-17(15)20/h4-10H,3,11-12H2,1-2H3. The number of hydrogen-bond acceptors (Lipinski definition) is 2. The minimum Gasteiger partial charge on any atom is -0.494 e. The molecule has 3 nitrogen and oxygen atoms in total. The number of hydrogen-bond donors (Lipinski definition) is 0. The number of likely N-dealkylation sites (N-methyl/N-ethyl adjacent to an activating group) is 1. The first-order valence-corrected chi connectivity index (χ1v) is 8.15. The molecule has 0 aliphatic rings. The number of halogens is 2. The third-order valence-electron chi connectivity index (χ3n) is 3.47. The van der Waals surface area contributed by atoms with E-state index in [1.165, 1.54) is 0 Å². The van der Waals surface area contributed by atoms with Crippen molar-refractivity contribution in [2.75, 3.05) is 13.7 Å². The van der Waals surface area contributed by atoms with Crippen LogP contribution >= 0.6 is 23.2 Å². The van der Waals surface area contributed by atoms with Gasteiger partial charge in [-0.3, -0.25) is 4.79 Å². The highest BCUT2D eigenvalue weighted by atomic mass is 35.5. The average molecular weight is 352 g/mol. The number of carbonyl (C=O) groups is 1. The van der Waals surface area contributed by atoms with Gasteiger partial charge in [-0.2, -0.15) is 0 Å². The van der Waals surface area contributed by atoms with Gasteiger partial charge in [-0.25, -0.2) is 0 Å². The molecule has 0 heterocycles.